The molecule has 7 heteroatoms. The molecule has 2 heterocycles. The van der Waals surface area contributed by atoms with Crippen molar-refractivity contribution >= 4 is 17.4 Å². The Morgan fingerprint density at radius 1 is 1.36 bits per heavy atom. The third-order valence-electron chi connectivity index (χ3n) is 4.28. The van der Waals surface area contributed by atoms with Gasteiger partial charge < -0.3 is 9.80 Å². The van der Waals surface area contributed by atoms with Gasteiger partial charge in [-0.2, -0.15) is 0 Å². The van der Waals surface area contributed by atoms with E-state index < -0.39 is 4.92 Å². The van der Waals surface area contributed by atoms with Crippen molar-refractivity contribution in [3.63, 3.8) is 0 Å². The summed E-state index contributed by atoms with van der Waals surface area (Å²) in [5.41, 5.74) is 0.0204. The quantitative estimate of drug-likeness (QED) is 0.629. The largest absolute Gasteiger partial charge is 0.344 e. The Morgan fingerprint density at radius 2 is 2.05 bits per heavy atom. The fourth-order valence-corrected chi connectivity index (χ4v) is 3.05. The molecule has 1 saturated heterocycles. The molecule has 0 saturated carbocycles. The second-order valence-electron chi connectivity index (χ2n) is 5.55. The van der Waals surface area contributed by atoms with Gasteiger partial charge in [-0.15, -0.1) is 0 Å². The number of anilines is 1. The summed E-state index contributed by atoms with van der Waals surface area (Å²) in [5, 5.41) is 11.3. The van der Waals surface area contributed by atoms with Gasteiger partial charge >= 0.3 is 5.69 Å². The smallest absolute Gasteiger partial charge is 0.311 e. The van der Waals surface area contributed by atoms with Crippen LogP contribution in [0.5, 0.6) is 0 Å². The van der Waals surface area contributed by atoms with Gasteiger partial charge in [0.25, 0.3) is 0 Å². The highest BCUT2D eigenvalue weighted by Crippen LogP contribution is 2.31. The predicted molar refractivity (Wildman–Crippen MR) is 83.8 cm³/mol. The monoisotopic (exact) mass is 306 g/mol. The van der Waals surface area contributed by atoms with Gasteiger partial charge in [0.05, 0.1) is 4.92 Å². The number of nitro groups is 1. The van der Waals surface area contributed by atoms with E-state index >= 15 is 0 Å². The minimum Gasteiger partial charge on any atom is -0.344 e. The standard InChI is InChI=1S/C15H22N4O3/c1-4-12-10-18(13(5-2)9-17(12)11(3)20)15-14(19(21)22)7-6-8-16-15/h6-8,12-13H,4-5,9-10H2,1-3H3/t12-,13+/m1/s1. The van der Waals surface area contributed by atoms with E-state index in [0.29, 0.717) is 18.9 Å². The van der Waals surface area contributed by atoms with Gasteiger partial charge in [-0.25, -0.2) is 4.98 Å². The van der Waals surface area contributed by atoms with Crippen LogP contribution in [0.25, 0.3) is 0 Å². The zero-order valence-corrected chi connectivity index (χ0v) is 13.2. The molecule has 0 bridgehead atoms. The van der Waals surface area contributed by atoms with E-state index in [4.69, 9.17) is 0 Å². The molecule has 1 aromatic heterocycles. The first-order valence-electron chi connectivity index (χ1n) is 7.62. The van der Waals surface area contributed by atoms with Gasteiger partial charge in [0, 0.05) is 44.4 Å². The number of aromatic nitrogens is 1. The van der Waals surface area contributed by atoms with Crippen molar-refractivity contribution in [3.8, 4) is 0 Å². The third kappa shape index (κ3) is 3.03. The van der Waals surface area contributed by atoms with E-state index in [1.54, 1.807) is 19.2 Å². The van der Waals surface area contributed by atoms with E-state index in [9.17, 15) is 14.9 Å². The zero-order chi connectivity index (χ0) is 16.3. The molecule has 1 aliphatic rings. The topological polar surface area (TPSA) is 79.6 Å². The first-order chi connectivity index (χ1) is 10.5. The molecule has 0 unspecified atom stereocenters. The first kappa shape index (κ1) is 16.2. The summed E-state index contributed by atoms with van der Waals surface area (Å²) < 4.78 is 0. The maximum Gasteiger partial charge on any atom is 0.311 e. The molecule has 7 nitrogen and oxygen atoms in total. The van der Waals surface area contributed by atoms with Crippen LogP contribution in [0, 0.1) is 10.1 Å². The van der Waals surface area contributed by atoms with Crippen molar-refractivity contribution in [3.05, 3.63) is 28.4 Å². The summed E-state index contributed by atoms with van der Waals surface area (Å²) in [4.78, 5) is 30.8. The molecule has 0 radical (unpaired) electrons. The highest BCUT2D eigenvalue weighted by atomic mass is 16.6. The number of pyridine rings is 1. The van der Waals surface area contributed by atoms with Gasteiger partial charge in [-0.1, -0.05) is 13.8 Å². The van der Waals surface area contributed by atoms with Crippen molar-refractivity contribution < 1.29 is 9.72 Å². The molecule has 1 aromatic rings. The summed E-state index contributed by atoms with van der Waals surface area (Å²) in [7, 11) is 0. The van der Waals surface area contributed by atoms with E-state index in [0.717, 1.165) is 12.8 Å². The van der Waals surface area contributed by atoms with Crippen molar-refractivity contribution in [2.24, 2.45) is 0 Å². The Balaban J connectivity index is 2.38. The molecule has 22 heavy (non-hydrogen) atoms. The van der Waals surface area contributed by atoms with Crippen molar-refractivity contribution in [2.75, 3.05) is 18.0 Å². The Bertz CT molecular complexity index is 563. The van der Waals surface area contributed by atoms with Gasteiger partial charge in [0.15, 0.2) is 0 Å². The van der Waals surface area contributed by atoms with E-state index in [1.807, 2.05) is 23.6 Å². The number of nitrogens with zero attached hydrogens (tertiary/aromatic N) is 4. The summed E-state index contributed by atoms with van der Waals surface area (Å²) >= 11 is 0. The first-order valence-corrected chi connectivity index (χ1v) is 7.62. The number of amides is 1. The van der Waals surface area contributed by atoms with Crippen LogP contribution in [-0.4, -0.2) is 45.9 Å². The third-order valence-corrected chi connectivity index (χ3v) is 4.28. The van der Waals surface area contributed by atoms with Crippen LogP contribution >= 0.6 is 0 Å². The molecule has 2 rings (SSSR count). The average Bonchev–Trinajstić information content (AvgIpc) is 2.53. The Morgan fingerprint density at radius 3 is 2.59 bits per heavy atom. The molecule has 2 atom stereocenters. The fraction of sp³-hybridized carbons (Fsp3) is 0.600. The van der Waals surface area contributed by atoms with E-state index in [2.05, 4.69) is 4.98 Å². The van der Waals surface area contributed by atoms with Gasteiger partial charge in [-0.3, -0.25) is 14.9 Å². The number of hydrogen-bond acceptors (Lipinski definition) is 5. The summed E-state index contributed by atoms with van der Waals surface area (Å²) in [6.07, 6.45) is 3.19. The summed E-state index contributed by atoms with van der Waals surface area (Å²) in [5.74, 6) is 0.460. The number of carbonyl (C=O) groups is 1. The number of rotatable bonds is 4. The molecule has 1 aliphatic heterocycles. The SMILES string of the molecule is CC[C@@H]1CN(c2ncccc2[N+](=O)[O-])[C@@H](CC)CN1C(C)=O. The summed E-state index contributed by atoms with van der Waals surface area (Å²) in [6, 6.07) is 3.15. The highest BCUT2D eigenvalue weighted by molar-refractivity contribution is 5.74. The van der Waals surface area contributed by atoms with E-state index in [-0.39, 0.29) is 23.7 Å². The lowest BCUT2D eigenvalue weighted by Gasteiger charge is -2.46. The Labute approximate surface area is 130 Å². The van der Waals surface area contributed by atoms with Crippen LogP contribution in [0.15, 0.2) is 18.3 Å². The average molecular weight is 306 g/mol. The predicted octanol–water partition coefficient (Wildman–Crippen LogP) is 2.22. The zero-order valence-electron chi connectivity index (χ0n) is 13.2. The van der Waals surface area contributed by atoms with Crippen molar-refractivity contribution in [1.29, 1.82) is 0 Å². The second kappa shape index (κ2) is 6.72. The number of piperazine rings is 1. The highest BCUT2D eigenvalue weighted by Gasteiger charge is 2.36. The van der Waals surface area contributed by atoms with Gasteiger partial charge in [-0.05, 0) is 18.9 Å². The molecular weight excluding hydrogens is 284 g/mol. The lowest BCUT2D eigenvalue weighted by Crippen LogP contribution is -2.59. The van der Waals surface area contributed by atoms with Crippen molar-refractivity contribution in [2.45, 2.75) is 45.7 Å². The normalized spacial score (nSPS) is 21.8. The lowest BCUT2D eigenvalue weighted by atomic mass is 10.0. The molecule has 0 aromatic carbocycles. The molecule has 120 valence electrons. The van der Waals surface area contributed by atoms with Gasteiger partial charge in [0.1, 0.15) is 0 Å². The van der Waals surface area contributed by atoms with E-state index in [1.165, 1.54) is 6.07 Å². The minimum absolute atomic E-state index is 0.0204. The van der Waals surface area contributed by atoms with Crippen LogP contribution in [0.2, 0.25) is 0 Å². The number of hydrogen-bond donors (Lipinski definition) is 0. The number of carbonyl (C=O) groups excluding carboxylic acids is 1. The maximum absolute atomic E-state index is 11.8. The van der Waals surface area contributed by atoms with Crippen LogP contribution in [0.3, 0.4) is 0 Å². The van der Waals surface area contributed by atoms with Crippen LogP contribution in [0.1, 0.15) is 33.6 Å². The Kier molecular flexibility index (Phi) is 4.95. The molecule has 1 fully saturated rings. The second-order valence-corrected chi connectivity index (χ2v) is 5.55. The fourth-order valence-electron chi connectivity index (χ4n) is 3.05. The lowest BCUT2D eigenvalue weighted by molar-refractivity contribution is -0.384. The molecule has 1 amide bonds. The van der Waals surface area contributed by atoms with Crippen LogP contribution in [-0.2, 0) is 4.79 Å². The molecule has 0 aliphatic carbocycles. The Hall–Kier alpha value is -2.18. The minimum atomic E-state index is -0.395. The maximum atomic E-state index is 11.8. The van der Waals surface area contributed by atoms with Crippen molar-refractivity contribution in [1.82, 2.24) is 9.88 Å². The van der Waals surface area contributed by atoms with Gasteiger partial charge in [0.2, 0.25) is 11.7 Å². The van der Waals surface area contributed by atoms with Crippen LogP contribution in [0.4, 0.5) is 11.5 Å². The summed E-state index contributed by atoms with van der Waals surface area (Å²) in [6.45, 7) is 6.79. The van der Waals surface area contributed by atoms with Crippen LogP contribution < -0.4 is 4.90 Å². The molecule has 0 spiro atoms. The molecule has 0 N–H and O–H groups in total. The molecular formula is C15H22N4O3.